The van der Waals surface area contributed by atoms with E-state index in [0.29, 0.717) is 6.54 Å². The van der Waals surface area contributed by atoms with Gasteiger partial charge >= 0.3 is 5.69 Å². The molecule has 0 bridgehead atoms. The zero-order valence-corrected chi connectivity index (χ0v) is 14.5. The summed E-state index contributed by atoms with van der Waals surface area (Å²) < 4.78 is 4.27. The molecule has 8 heteroatoms. The first-order valence-electron chi connectivity index (χ1n) is 7.76. The minimum Gasteiger partial charge on any atom is -0.350 e. The van der Waals surface area contributed by atoms with Crippen molar-refractivity contribution in [3.05, 3.63) is 62.2 Å². The third kappa shape index (κ3) is 2.75. The van der Waals surface area contributed by atoms with Crippen LogP contribution in [0.1, 0.15) is 21.7 Å². The van der Waals surface area contributed by atoms with Gasteiger partial charge in [-0.1, -0.05) is 0 Å². The van der Waals surface area contributed by atoms with E-state index in [1.54, 1.807) is 0 Å². The van der Waals surface area contributed by atoms with Gasteiger partial charge in [0.2, 0.25) is 0 Å². The number of amides is 1. The zero-order valence-electron chi connectivity index (χ0n) is 14.5. The Kier molecular flexibility index (Phi) is 4.03. The van der Waals surface area contributed by atoms with Crippen LogP contribution in [0.4, 0.5) is 0 Å². The lowest BCUT2D eigenvalue weighted by Gasteiger charge is -2.09. The van der Waals surface area contributed by atoms with Crippen molar-refractivity contribution in [2.45, 2.75) is 13.5 Å². The first-order valence-corrected chi connectivity index (χ1v) is 7.76. The number of hydrogen-bond acceptors (Lipinski definition) is 4. The molecule has 0 aliphatic heterocycles. The quantitative estimate of drug-likeness (QED) is 0.737. The zero-order chi connectivity index (χ0) is 18.3. The van der Waals surface area contributed by atoms with Crippen molar-refractivity contribution in [3.8, 4) is 0 Å². The molecule has 3 aromatic heterocycles. The van der Waals surface area contributed by atoms with Crippen LogP contribution in [0.2, 0.25) is 0 Å². The van der Waals surface area contributed by atoms with Crippen LogP contribution in [0.3, 0.4) is 0 Å². The average Bonchev–Trinajstić information content (AvgIpc) is 2.94. The third-order valence-electron chi connectivity index (χ3n) is 4.46. The van der Waals surface area contributed by atoms with E-state index in [1.807, 2.05) is 30.7 Å². The molecule has 1 N–H and O–H groups in total. The standard InChI is InChI=1S/C17H19N5O3/c1-10-5-6-12(20(10)2)9-19-15(23)11-7-13-14(18-8-11)21(3)17(25)22(4)16(13)24/h5-8H,9H2,1-4H3,(H,19,23). The summed E-state index contributed by atoms with van der Waals surface area (Å²) in [4.78, 5) is 40.7. The van der Waals surface area contributed by atoms with Crippen molar-refractivity contribution in [2.24, 2.45) is 21.1 Å². The van der Waals surface area contributed by atoms with Gasteiger partial charge in [-0.3, -0.25) is 18.7 Å². The molecule has 130 valence electrons. The highest BCUT2D eigenvalue weighted by atomic mass is 16.2. The van der Waals surface area contributed by atoms with Gasteiger partial charge in [-0.25, -0.2) is 9.78 Å². The van der Waals surface area contributed by atoms with E-state index in [2.05, 4.69) is 10.3 Å². The van der Waals surface area contributed by atoms with Crippen LogP contribution in [-0.4, -0.2) is 24.6 Å². The van der Waals surface area contributed by atoms with E-state index >= 15 is 0 Å². The van der Waals surface area contributed by atoms with Gasteiger partial charge in [0.05, 0.1) is 17.5 Å². The molecule has 8 nitrogen and oxygen atoms in total. The molecular weight excluding hydrogens is 322 g/mol. The second kappa shape index (κ2) is 6.04. The fourth-order valence-corrected chi connectivity index (χ4v) is 2.71. The van der Waals surface area contributed by atoms with Crippen LogP contribution >= 0.6 is 0 Å². The van der Waals surface area contributed by atoms with E-state index in [-0.39, 0.29) is 22.5 Å². The van der Waals surface area contributed by atoms with E-state index in [4.69, 9.17) is 0 Å². The summed E-state index contributed by atoms with van der Waals surface area (Å²) in [6, 6.07) is 5.39. The number of carbonyl (C=O) groups is 1. The number of rotatable bonds is 3. The molecule has 0 aliphatic carbocycles. The van der Waals surface area contributed by atoms with Crippen LogP contribution in [-0.2, 0) is 27.7 Å². The van der Waals surface area contributed by atoms with Gasteiger partial charge in [0, 0.05) is 38.7 Å². The predicted octanol–water partition coefficient (Wildman–Crippen LogP) is 0.209. The van der Waals surface area contributed by atoms with Crippen molar-refractivity contribution >= 4 is 16.9 Å². The number of aryl methyl sites for hydroxylation is 2. The summed E-state index contributed by atoms with van der Waals surface area (Å²) in [5.74, 6) is -0.329. The minimum atomic E-state index is -0.474. The first kappa shape index (κ1) is 16.7. The maximum Gasteiger partial charge on any atom is 0.332 e. The number of pyridine rings is 1. The molecular formula is C17H19N5O3. The molecule has 0 fully saturated rings. The van der Waals surface area contributed by atoms with Gasteiger partial charge in [-0.05, 0) is 25.1 Å². The molecule has 3 heterocycles. The maximum absolute atomic E-state index is 12.4. The normalized spacial score (nSPS) is 11.0. The van der Waals surface area contributed by atoms with Gasteiger partial charge in [-0.2, -0.15) is 0 Å². The van der Waals surface area contributed by atoms with Crippen LogP contribution in [0.15, 0.2) is 34.0 Å². The Bertz CT molecular complexity index is 1100. The molecule has 0 atom stereocenters. The van der Waals surface area contributed by atoms with E-state index < -0.39 is 11.2 Å². The lowest BCUT2D eigenvalue weighted by atomic mass is 10.2. The summed E-state index contributed by atoms with van der Waals surface area (Å²) in [7, 11) is 4.86. The third-order valence-corrected chi connectivity index (χ3v) is 4.46. The van der Waals surface area contributed by atoms with E-state index in [1.165, 1.54) is 30.9 Å². The molecule has 0 saturated carbocycles. The first-order chi connectivity index (χ1) is 11.8. The van der Waals surface area contributed by atoms with Crippen molar-refractivity contribution in [1.82, 2.24) is 24.0 Å². The molecule has 0 saturated heterocycles. The molecule has 1 amide bonds. The summed E-state index contributed by atoms with van der Waals surface area (Å²) in [5.41, 5.74) is 1.66. The summed E-state index contributed by atoms with van der Waals surface area (Å²) in [6.07, 6.45) is 1.37. The van der Waals surface area contributed by atoms with Gasteiger partial charge in [-0.15, -0.1) is 0 Å². The largest absolute Gasteiger partial charge is 0.350 e. The molecule has 25 heavy (non-hydrogen) atoms. The number of nitrogens with zero attached hydrogens (tertiary/aromatic N) is 4. The number of fused-ring (bicyclic) bond motifs is 1. The fraction of sp³-hybridized carbons (Fsp3) is 0.294. The Morgan fingerprint density at radius 2 is 1.84 bits per heavy atom. The summed E-state index contributed by atoms with van der Waals surface area (Å²) >= 11 is 0. The number of hydrogen-bond donors (Lipinski definition) is 1. The van der Waals surface area contributed by atoms with E-state index in [9.17, 15) is 14.4 Å². The summed E-state index contributed by atoms with van der Waals surface area (Å²) in [5, 5.41) is 3.05. The highest BCUT2D eigenvalue weighted by Gasteiger charge is 2.14. The monoisotopic (exact) mass is 341 g/mol. The number of nitrogens with one attached hydrogen (secondary N) is 1. The van der Waals surface area contributed by atoms with Crippen molar-refractivity contribution in [1.29, 1.82) is 0 Å². The molecule has 3 aromatic rings. The summed E-state index contributed by atoms with van der Waals surface area (Å²) in [6.45, 7) is 2.35. The SMILES string of the molecule is Cc1ccc(CNC(=O)c2cnc3c(c2)c(=O)n(C)c(=O)n3C)n1C. The van der Waals surface area contributed by atoms with Crippen LogP contribution in [0.5, 0.6) is 0 Å². The van der Waals surface area contributed by atoms with Crippen LogP contribution in [0, 0.1) is 6.92 Å². The highest BCUT2D eigenvalue weighted by Crippen LogP contribution is 2.09. The molecule has 0 spiro atoms. The number of carbonyl (C=O) groups excluding carboxylic acids is 1. The van der Waals surface area contributed by atoms with Crippen LogP contribution in [0.25, 0.3) is 11.0 Å². The number of aromatic nitrogens is 4. The molecule has 0 radical (unpaired) electrons. The van der Waals surface area contributed by atoms with Crippen LogP contribution < -0.4 is 16.6 Å². The van der Waals surface area contributed by atoms with Gasteiger partial charge in [0.15, 0.2) is 0 Å². The van der Waals surface area contributed by atoms with Gasteiger partial charge in [0.25, 0.3) is 11.5 Å². The lowest BCUT2D eigenvalue weighted by Crippen LogP contribution is -2.37. The second-order valence-electron chi connectivity index (χ2n) is 6.01. The Morgan fingerprint density at radius 1 is 1.12 bits per heavy atom. The Morgan fingerprint density at radius 3 is 2.48 bits per heavy atom. The Hall–Kier alpha value is -3.16. The molecule has 0 unspecified atom stereocenters. The Labute approximate surface area is 143 Å². The predicted molar refractivity (Wildman–Crippen MR) is 93.5 cm³/mol. The second-order valence-corrected chi connectivity index (χ2v) is 6.01. The van der Waals surface area contributed by atoms with Gasteiger partial charge in [0.1, 0.15) is 5.65 Å². The lowest BCUT2D eigenvalue weighted by molar-refractivity contribution is 0.0950. The molecule has 3 rings (SSSR count). The highest BCUT2D eigenvalue weighted by molar-refractivity contribution is 5.96. The Balaban J connectivity index is 1.94. The van der Waals surface area contributed by atoms with Gasteiger partial charge < -0.3 is 9.88 Å². The maximum atomic E-state index is 12.4. The van der Waals surface area contributed by atoms with E-state index in [0.717, 1.165) is 16.0 Å². The van der Waals surface area contributed by atoms with Crippen molar-refractivity contribution in [3.63, 3.8) is 0 Å². The average molecular weight is 341 g/mol. The van der Waals surface area contributed by atoms with Crippen molar-refractivity contribution in [2.75, 3.05) is 0 Å². The topological polar surface area (TPSA) is 90.9 Å². The smallest absolute Gasteiger partial charge is 0.332 e. The minimum absolute atomic E-state index is 0.229. The fourth-order valence-electron chi connectivity index (χ4n) is 2.71. The van der Waals surface area contributed by atoms with Crippen molar-refractivity contribution < 1.29 is 4.79 Å². The molecule has 0 aliphatic rings. The molecule has 0 aromatic carbocycles.